The summed E-state index contributed by atoms with van der Waals surface area (Å²) in [7, 11) is 0. The molecule has 2 unspecified atom stereocenters. The normalized spacial score (nSPS) is 12.4. The Hall–Kier alpha value is -7.56. The summed E-state index contributed by atoms with van der Waals surface area (Å²) >= 11 is 2.77. The molecule has 0 N–H and O–H groups in total. The van der Waals surface area contributed by atoms with E-state index in [1.54, 1.807) is 36.4 Å². The van der Waals surface area contributed by atoms with E-state index >= 15 is 0 Å². The van der Waals surface area contributed by atoms with Crippen molar-refractivity contribution in [2.75, 3.05) is 0 Å². The molecule has 0 spiro atoms. The van der Waals surface area contributed by atoms with E-state index in [-0.39, 0.29) is 39.0 Å². The van der Waals surface area contributed by atoms with Crippen LogP contribution < -0.4 is 0 Å². The first-order chi connectivity index (χ1) is 32.8. The van der Waals surface area contributed by atoms with Crippen LogP contribution >= 0.6 is 15.9 Å². The number of alkyl halides is 9. The minimum atomic E-state index is -4.77. The van der Waals surface area contributed by atoms with Gasteiger partial charge < -0.3 is 0 Å². The van der Waals surface area contributed by atoms with Gasteiger partial charge >= 0.3 is 18.5 Å². The summed E-state index contributed by atoms with van der Waals surface area (Å²) in [6.45, 7) is 0. The third-order valence-electron chi connectivity index (χ3n) is 9.63. The molecule has 2 atom stereocenters. The molecule has 0 aromatic heterocycles. The van der Waals surface area contributed by atoms with E-state index in [2.05, 4.69) is 22.0 Å². The van der Waals surface area contributed by atoms with Crippen molar-refractivity contribution in [3.8, 4) is 18.2 Å². The van der Waals surface area contributed by atoms with E-state index in [1.165, 1.54) is 48.5 Å². The Bertz CT molecular complexity index is 2950. The van der Waals surface area contributed by atoms with Gasteiger partial charge in [-0.15, -0.1) is 0 Å². The number of nitriles is 3. The Kier molecular flexibility index (Phi) is 18.6. The van der Waals surface area contributed by atoms with E-state index in [4.69, 9.17) is 10.5 Å². The molecule has 7 aromatic rings. The van der Waals surface area contributed by atoms with Crippen LogP contribution in [0.1, 0.15) is 56.0 Å². The average molecular weight is 1050 g/mol. The van der Waals surface area contributed by atoms with Crippen molar-refractivity contribution in [3.63, 3.8) is 0 Å². The monoisotopic (exact) mass is 1050 g/mol. The fourth-order valence-corrected chi connectivity index (χ4v) is 6.82. The van der Waals surface area contributed by atoms with Gasteiger partial charge in [-0.2, -0.15) is 55.3 Å². The lowest BCUT2D eigenvalue weighted by Crippen LogP contribution is -2.29. The van der Waals surface area contributed by atoms with Gasteiger partial charge in [0.05, 0.1) is 46.4 Å². The van der Waals surface area contributed by atoms with Gasteiger partial charge in [0.25, 0.3) is 0 Å². The zero-order chi connectivity index (χ0) is 52.0. The highest BCUT2D eigenvalue weighted by atomic mass is 79.9. The highest BCUT2D eigenvalue weighted by Crippen LogP contribution is 2.40. The summed E-state index contributed by atoms with van der Waals surface area (Å²) in [5.41, 5.74) is -3.52. The lowest BCUT2D eigenvalue weighted by Gasteiger charge is -2.29. The van der Waals surface area contributed by atoms with Crippen molar-refractivity contribution in [2.24, 2.45) is 0 Å². The molecule has 3 nitrogen and oxygen atoms in total. The smallest absolute Gasteiger partial charge is 0.207 e. The standard InChI is InChI=1S/C22H14F5N.C15H8F5N.C7H3BrF4.C7H4FN/c23-19-8-6-16(7-9-19)21(14-28,13-15-4-2-1-3-5-15)17-10-18(22(25,26)27)12-20(24)11-17;16-12-3-1-9(2-4-12)14(8-21)10-5-11(15(18,19)20)7-13(17)6-10;8-5-1-4(7(10,11)12)2-6(9)3-5;8-7-3-1-6(5-9)2-4-7/h1-12H,13H2;1-7,14H;1-3H;1-4H. The van der Waals surface area contributed by atoms with E-state index in [0.29, 0.717) is 29.3 Å². The molecular formula is C51H29BrF15N3. The fraction of sp³-hybridized carbons (Fsp3) is 0.118. The maximum absolute atomic E-state index is 14.1. The molecule has 7 aromatic carbocycles. The molecule has 0 radical (unpaired) electrons. The molecule has 0 bridgehead atoms. The van der Waals surface area contributed by atoms with Crippen molar-refractivity contribution in [1.82, 2.24) is 0 Å². The summed E-state index contributed by atoms with van der Waals surface area (Å²) in [6.07, 6.45) is -14.0. The van der Waals surface area contributed by atoms with Crippen molar-refractivity contribution >= 4 is 15.9 Å². The van der Waals surface area contributed by atoms with Gasteiger partial charge in [-0.25, -0.2) is 26.3 Å². The number of hydrogen-bond donors (Lipinski definition) is 0. The van der Waals surface area contributed by atoms with Crippen molar-refractivity contribution < 1.29 is 65.9 Å². The lowest BCUT2D eigenvalue weighted by molar-refractivity contribution is -0.138. The van der Waals surface area contributed by atoms with Gasteiger partial charge in [0, 0.05) is 4.47 Å². The Balaban J connectivity index is 0.000000222. The second-order valence-corrected chi connectivity index (χ2v) is 15.5. The molecule has 0 aliphatic carbocycles. The van der Waals surface area contributed by atoms with E-state index < -0.39 is 75.6 Å². The SMILES string of the molecule is Fc1cc(Br)cc(C(F)(F)F)c1.N#CC(Cc1ccccc1)(c1ccc(F)cc1)c1cc(F)cc(C(F)(F)F)c1.N#CC(c1ccc(F)cc1)c1cc(F)cc(C(F)(F)F)c1.N#Cc1ccc(F)cc1. The maximum atomic E-state index is 14.1. The van der Waals surface area contributed by atoms with Crippen molar-refractivity contribution in [1.29, 1.82) is 15.8 Å². The van der Waals surface area contributed by atoms with Gasteiger partial charge in [0.2, 0.25) is 0 Å². The van der Waals surface area contributed by atoms with Crippen LogP contribution in [-0.4, -0.2) is 0 Å². The number of benzene rings is 7. The molecule has 70 heavy (non-hydrogen) atoms. The molecule has 0 heterocycles. The summed E-state index contributed by atoms with van der Waals surface area (Å²) in [5.74, 6) is -5.59. The molecule has 0 aliphatic rings. The van der Waals surface area contributed by atoms with Crippen LogP contribution in [0.5, 0.6) is 0 Å². The number of halogens is 16. The van der Waals surface area contributed by atoms with Crippen LogP contribution in [0, 0.1) is 68.9 Å². The first kappa shape index (κ1) is 55.0. The van der Waals surface area contributed by atoms with Crippen LogP contribution in [0.3, 0.4) is 0 Å². The summed E-state index contributed by atoms with van der Waals surface area (Å²) in [5, 5.41) is 27.4. The highest BCUT2D eigenvalue weighted by Gasteiger charge is 2.39. The number of nitrogens with zero attached hydrogens (tertiary/aromatic N) is 3. The van der Waals surface area contributed by atoms with Crippen LogP contribution in [0.2, 0.25) is 0 Å². The van der Waals surface area contributed by atoms with Gasteiger partial charge in [0.15, 0.2) is 0 Å². The number of rotatable bonds is 6. The van der Waals surface area contributed by atoms with Crippen LogP contribution in [0.25, 0.3) is 0 Å². The summed E-state index contributed by atoms with van der Waals surface area (Å²) in [4.78, 5) is 0. The topological polar surface area (TPSA) is 71.4 Å². The van der Waals surface area contributed by atoms with Gasteiger partial charge in [0.1, 0.15) is 40.3 Å². The molecule has 0 aliphatic heterocycles. The first-order valence-electron chi connectivity index (χ1n) is 19.6. The largest absolute Gasteiger partial charge is 0.416 e. The molecule has 360 valence electrons. The Morgan fingerprint density at radius 1 is 0.414 bits per heavy atom. The van der Waals surface area contributed by atoms with Crippen molar-refractivity contribution in [2.45, 2.75) is 36.3 Å². The van der Waals surface area contributed by atoms with Gasteiger partial charge in [-0.3, -0.25) is 0 Å². The third kappa shape index (κ3) is 15.7. The fourth-order valence-electron chi connectivity index (χ4n) is 6.36. The average Bonchev–Trinajstić information content (AvgIpc) is 3.29. The lowest BCUT2D eigenvalue weighted by atomic mass is 9.71. The Labute approximate surface area is 398 Å². The molecule has 19 heteroatoms. The minimum absolute atomic E-state index is 0.00325. The third-order valence-corrected chi connectivity index (χ3v) is 10.1. The predicted molar refractivity (Wildman–Crippen MR) is 230 cm³/mol. The minimum Gasteiger partial charge on any atom is -0.207 e. The number of hydrogen-bond acceptors (Lipinski definition) is 3. The van der Waals surface area contributed by atoms with Crippen molar-refractivity contribution in [3.05, 3.63) is 247 Å². The molecule has 0 saturated carbocycles. The van der Waals surface area contributed by atoms with E-state index in [1.807, 2.05) is 6.07 Å². The molecule has 0 saturated heterocycles. The van der Waals surface area contributed by atoms with E-state index in [0.717, 1.165) is 60.7 Å². The van der Waals surface area contributed by atoms with Gasteiger partial charge in [-0.1, -0.05) is 70.5 Å². The highest BCUT2D eigenvalue weighted by molar-refractivity contribution is 9.10. The summed E-state index contributed by atoms with van der Waals surface area (Å²) < 4.78 is 192. The van der Waals surface area contributed by atoms with Crippen LogP contribution in [0.15, 0.2) is 162 Å². The van der Waals surface area contributed by atoms with Crippen LogP contribution in [-0.2, 0) is 30.4 Å². The van der Waals surface area contributed by atoms with Gasteiger partial charge in [-0.05, 0) is 137 Å². The van der Waals surface area contributed by atoms with E-state index in [9.17, 15) is 71.1 Å². The second kappa shape index (κ2) is 23.6. The zero-order valence-electron chi connectivity index (χ0n) is 35.2. The molecular weight excluding hydrogens is 1020 g/mol. The Morgan fingerprint density at radius 2 is 0.843 bits per heavy atom. The molecule has 0 fully saturated rings. The maximum Gasteiger partial charge on any atom is 0.416 e. The van der Waals surface area contributed by atoms with Crippen LogP contribution in [0.4, 0.5) is 65.9 Å². The first-order valence-corrected chi connectivity index (χ1v) is 20.4. The molecule has 7 rings (SSSR count). The second-order valence-electron chi connectivity index (χ2n) is 14.6. The predicted octanol–water partition coefficient (Wildman–Crippen LogP) is 16.0. The quantitative estimate of drug-likeness (QED) is 0.156. The zero-order valence-corrected chi connectivity index (χ0v) is 36.8. The Morgan fingerprint density at radius 3 is 1.30 bits per heavy atom. The summed E-state index contributed by atoms with van der Waals surface area (Å²) in [6, 6.07) is 35.7. The molecule has 0 amide bonds.